The van der Waals surface area contributed by atoms with Crippen LogP contribution in [0.15, 0.2) is 18.7 Å². The normalized spacial score (nSPS) is 10.4. The number of rotatable bonds is 7. The van der Waals surface area contributed by atoms with Crippen LogP contribution in [0.4, 0.5) is 23.0 Å². The van der Waals surface area contributed by atoms with Gasteiger partial charge in [-0.3, -0.25) is 10.1 Å². The van der Waals surface area contributed by atoms with E-state index in [9.17, 15) is 22.8 Å². The Morgan fingerprint density at radius 2 is 2.07 bits per heavy atom. The van der Waals surface area contributed by atoms with Crippen molar-refractivity contribution >= 4 is 28.5 Å². The van der Waals surface area contributed by atoms with Gasteiger partial charge in [0.2, 0.25) is 5.88 Å². The number of nitrogens with one attached hydrogen (secondary N) is 2. The molecule has 0 unspecified atom stereocenters. The molecule has 0 bridgehead atoms. The first-order valence-corrected chi connectivity index (χ1v) is 8.24. The summed E-state index contributed by atoms with van der Waals surface area (Å²) in [7, 11) is 0. The maximum absolute atomic E-state index is 13.9. The highest BCUT2D eigenvalue weighted by molar-refractivity contribution is 7.11. The van der Waals surface area contributed by atoms with Gasteiger partial charge in [0.25, 0.3) is 5.91 Å². The number of ether oxygens (including phenoxy) is 1. The molecule has 0 aliphatic heterocycles. The van der Waals surface area contributed by atoms with E-state index in [-0.39, 0.29) is 28.6 Å². The van der Waals surface area contributed by atoms with Crippen molar-refractivity contribution in [1.82, 2.24) is 9.69 Å². The zero-order chi connectivity index (χ0) is 20.1. The van der Waals surface area contributed by atoms with E-state index < -0.39 is 41.6 Å². The number of aryl methyl sites for hydroxylation is 1. The summed E-state index contributed by atoms with van der Waals surface area (Å²) >= 11 is 0.680. The fourth-order valence-electron chi connectivity index (χ4n) is 2.01. The van der Waals surface area contributed by atoms with Gasteiger partial charge >= 0.3 is 6.03 Å². The van der Waals surface area contributed by atoms with E-state index in [1.165, 1.54) is 13.0 Å². The number of amides is 3. The third-order valence-corrected chi connectivity index (χ3v) is 4.08. The van der Waals surface area contributed by atoms with Crippen molar-refractivity contribution in [3.05, 3.63) is 52.9 Å². The minimum absolute atomic E-state index is 0.0184. The Morgan fingerprint density at radius 3 is 2.70 bits per heavy atom. The molecule has 1 aromatic carbocycles. The van der Waals surface area contributed by atoms with E-state index in [1.54, 1.807) is 0 Å². The van der Waals surface area contributed by atoms with Crippen LogP contribution in [0.2, 0.25) is 0 Å². The molecule has 2 rings (SSSR count). The molecular weight excluding hydrogens is 385 g/mol. The number of benzene rings is 1. The number of hydrogen-bond acceptors (Lipinski definition) is 5. The number of aromatic nitrogens is 1. The van der Waals surface area contributed by atoms with Crippen LogP contribution in [0, 0.1) is 24.4 Å². The van der Waals surface area contributed by atoms with Crippen LogP contribution in [-0.4, -0.2) is 22.9 Å². The topological polar surface area (TPSA) is 106 Å². The first-order chi connectivity index (χ1) is 12.8. The quantitative estimate of drug-likeness (QED) is 0.491. The summed E-state index contributed by atoms with van der Waals surface area (Å²) in [5.41, 5.74) is 4.12. The maximum Gasteiger partial charge on any atom is 0.320 e. The van der Waals surface area contributed by atoms with Crippen LogP contribution in [0.3, 0.4) is 0 Å². The molecule has 0 aliphatic rings. The van der Waals surface area contributed by atoms with Crippen molar-refractivity contribution in [1.29, 1.82) is 0 Å². The predicted octanol–water partition coefficient (Wildman–Crippen LogP) is 2.85. The van der Waals surface area contributed by atoms with Crippen LogP contribution < -0.4 is 21.1 Å². The average Bonchev–Trinajstić information content (AvgIpc) is 3.00. The van der Waals surface area contributed by atoms with Crippen LogP contribution in [0.5, 0.6) is 5.88 Å². The van der Waals surface area contributed by atoms with Gasteiger partial charge in [-0.15, -0.1) is 6.58 Å². The second-order valence-corrected chi connectivity index (χ2v) is 6.02. The van der Waals surface area contributed by atoms with Gasteiger partial charge in [0.05, 0.1) is 5.56 Å². The van der Waals surface area contributed by atoms with Crippen LogP contribution >= 0.6 is 11.5 Å². The number of primary amides is 1. The van der Waals surface area contributed by atoms with E-state index in [2.05, 4.69) is 21.6 Å². The standard InChI is InChI=1S/C16H15F3N4O3S/c1-3-4-21-16(25)22-15-10(13(20)24)14(23-27-15)26-6-8-9(17)5-7(2)11(18)12(8)19/h3,5H,1,4,6H2,2H3,(H2,20,24)(H2,21,22,25). The van der Waals surface area contributed by atoms with Crippen molar-refractivity contribution in [3.63, 3.8) is 0 Å². The van der Waals surface area contributed by atoms with Crippen molar-refractivity contribution in [2.24, 2.45) is 5.73 Å². The van der Waals surface area contributed by atoms with Crippen molar-refractivity contribution in [3.8, 4) is 5.88 Å². The smallest absolute Gasteiger partial charge is 0.320 e. The summed E-state index contributed by atoms with van der Waals surface area (Å²) in [6, 6.07) is 0.176. The number of anilines is 1. The summed E-state index contributed by atoms with van der Waals surface area (Å²) in [6.07, 6.45) is 1.44. The summed E-state index contributed by atoms with van der Waals surface area (Å²) in [5, 5.41) is 4.75. The number of urea groups is 1. The highest BCUT2D eigenvalue weighted by Gasteiger charge is 2.23. The molecule has 4 N–H and O–H groups in total. The molecule has 27 heavy (non-hydrogen) atoms. The van der Waals surface area contributed by atoms with E-state index >= 15 is 0 Å². The third-order valence-electron chi connectivity index (χ3n) is 3.33. The molecule has 0 saturated carbocycles. The van der Waals surface area contributed by atoms with Gasteiger partial charge in [0.15, 0.2) is 11.6 Å². The highest BCUT2D eigenvalue weighted by Crippen LogP contribution is 2.31. The molecule has 3 amide bonds. The highest BCUT2D eigenvalue weighted by atomic mass is 32.1. The lowest BCUT2D eigenvalue weighted by Crippen LogP contribution is -2.29. The molecule has 0 saturated heterocycles. The molecule has 0 fully saturated rings. The van der Waals surface area contributed by atoms with Crippen molar-refractivity contribution < 1.29 is 27.5 Å². The van der Waals surface area contributed by atoms with Gasteiger partial charge in [-0.2, -0.15) is 4.37 Å². The molecule has 1 aromatic heterocycles. The maximum atomic E-state index is 13.9. The number of carbonyl (C=O) groups is 2. The van der Waals surface area contributed by atoms with Gasteiger partial charge in [-0.05, 0) is 30.1 Å². The zero-order valence-corrected chi connectivity index (χ0v) is 14.9. The van der Waals surface area contributed by atoms with Crippen LogP contribution in [0.25, 0.3) is 0 Å². The fraction of sp³-hybridized carbons (Fsp3) is 0.188. The number of halogens is 3. The fourth-order valence-corrected chi connectivity index (χ4v) is 2.75. The summed E-state index contributed by atoms with van der Waals surface area (Å²) in [5.74, 6) is -4.93. The van der Waals surface area contributed by atoms with Crippen LogP contribution in [-0.2, 0) is 6.61 Å². The van der Waals surface area contributed by atoms with Crippen molar-refractivity contribution in [2.45, 2.75) is 13.5 Å². The van der Waals surface area contributed by atoms with Gasteiger partial charge in [-0.25, -0.2) is 18.0 Å². The zero-order valence-electron chi connectivity index (χ0n) is 14.1. The molecule has 7 nitrogen and oxygen atoms in total. The van der Waals surface area contributed by atoms with Gasteiger partial charge < -0.3 is 15.8 Å². The van der Waals surface area contributed by atoms with E-state index in [0.29, 0.717) is 11.5 Å². The molecule has 1 heterocycles. The van der Waals surface area contributed by atoms with E-state index in [4.69, 9.17) is 10.5 Å². The Balaban J connectivity index is 2.23. The van der Waals surface area contributed by atoms with Gasteiger partial charge in [-0.1, -0.05) is 6.08 Å². The summed E-state index contributed by atoms with van der Waals surface area (Å²) in [4.78, 5) is 23.3. The van der Waals surface area contributed by atoms with Gasteiger partial charge in [0, 0.05) is 6.54 Å². The Bertz CT molecular complexity index is 902. The Kier molecular flexibility index (Phi) is 6.40. The lowest BCUT2D eigenvalue weighted by Gasteiger charge is -2.09. The Labute approximate surface area is 156 Å². The monoisotopic (exact) mass is 400 g/mol. The molecule has 0 spiro atoms. The lowest BCUT2D eigenvalue weighted by atomic mass is 10.1. The number of carbonyl (C=O) groups excluding carboxylic acids is 2. The number of hydrogen-bond donors (Lipinski definition) is 3. The van der Waals surface area contributed by atoms with Crippen LogP contribution in [0.1, 0.15) is 21.5 Å². The second-order valence-electron chi connectivity index (χ2n) is 5.25. The largest absolute Gasteiger partial charge is 0.471 e. The first-order valence-electron chi connectivity index (χ1n) is 7.47. The minimum atomic E-state index is -1.40. The molecule has 0 atom stereocenters. The summed E-state index contributed by atoms with van der Waals surface area (Å²) < 4.78 is 50.3. The lowest BCUT2D eigenvalue weighted by molar-refractivity contribution is 0.0996. The second kappa shape index (κ2) is 8.54. The summed E-state index contributed by atoms with van der Waals surface area (Å²) in [6.45, 7) is 4.09. The number of nitrogens with zero attached hydrogens (tertiary/aromatic N) is 1. The number of nitrogens with two attached hydrogens (primary N) is 1. The molecule has 0 radical (unpaired) electrons. The molecule has 2 aromatic rings. The third kappa shape index (κ3) is 4.56. The van der Waals surface area contributed by atoms with E-state index in [0.717, 1.165) is 6.07 Å². The Hall–Kier alpha value is -3.08. The molecule has 144 valence electrons. The molecule has 0 aliphatic carbocycles. The Morgan fingerprint density at radius 1 is 1.37 bits per heavy atom. The first kappa shape index (κ1) is 20.2. The van der Waals surface area contributed by atoms with Crippen molar-refractivity contribution in [2.75, 3.05) is 11.9 Å². The predicted molar refractivity (Wildman–Crippen MR) is 93.2 cm³/mol. The van der Waals surface area contributed by atoms with Gasteiger partial charge in [0.1, 0.15) is 23.0 Å². The molecule has 11 heteroatoms. The van der Waals surface area contributed by atoms with E-state index in [1.807, 2.05) is 0 Å². The molecular formula is C16H15F3N4O3S. The minimum Gasteiger partial charge on any atom is -0.471 e. The SMILES string of the molecule is C=CCNC(=O)Nc1snc(OCc2c(F)cc(C)c(F)c2F)c1C(N)=O. The average molecular weight is 400 g/mol.